The quantitative estimate of drug-likeness (QED) is 0.785. The van der Waals surface area contributed by atoms with Crippen molar-refractivity contribution in [2.45, 2.75) is 25.3 Å². The Labute approximate surface area is 150 Å². The number of pyridine rings is 1. The van der Waals surface area contributed by atoms with E-state index < -0.39 is 12.0 Å². The molecule has 1 aromatic carbocycles. The third kappa shape index (κ3) is 3.48. The number of hydrogen-bond donors (Lipinski definition) is 3. The van der Waals surface area contributed by atoms with Gasteiger partial charge in [0.1, 0.15) is 11.7 Å². The third-order valence-electron chi connectivity index (χ3n) is 4.30. The van der Waals surface area contributed by atoms with Gasteiger partial charge in [-0.05, 0) is 36.2 Å². The molecule has 1 fully saturated rings. The third-order valence-corrected chi connectivity index (χ3v) is 4.30. The van der Waals surface area contributed by atoms with Crippen LogP contribution in [-0.4, -0.2) is 22.8 Å². The van der Waals surface area contributed by atoms with Crippen molar-refractivity contribution in [3.8, 4) is 0 Å². The lowest BCUT2D eigenvalue weighted by Crippen LogP contribution is -2.54. The predicted octanol–water partition coefficient (Wildman–Crippen LogP) is 2.11. The summed E-state index contributed by atoms with van der Waals surface area (Å²) < 4.78 is 13.3. The molecule has 3 rings (SSSR count). The summed E-state index contributed by atoms with van der Waals surface area (Å²) in [6, 6.07) is 10.3. The highest BCUT2D eigenvalue weighted by Gasteiger charge is 2.38. The first-order chi connectivity index (χ1) is 12.5. The fraction of sp³-hybridized carbons (Fsp3) is 0.211. The highest BCUT2D eigenvalue weighted by atomic mass is 19.1. The summed E-state index contributed by atoms with van der Waals surface area (Å²) in [4.78, 5) is 21.0. The summed E-state index contributed by atoms with van der Waals surface area (Å²) in [5.74, 6) is -0.492. The summed E-state index contributed by atoms with van der Waals surface area (Å²) in [5.41, 5.74) is 14.3. The second kappa shape index (κ2) is 7.45. The highest BCUT2D eigenvalue weighted by molar-refractivity contribution is 6.14. The van der Waals surface area contributed by atoms with E-state index in [1.807, 2.05) is 6.92 Å². The van der Waals surface area contributed by atoms with E-state index in [9.17, 15) is 9.18 Å². The van der Waals surface area contributed by atoms with Gasteiger partial charge in [0, 0.05) is 23.4 Å². The maximum atomic E-state index is 13.3. The lowest BCUT2D eigenvalue weighted by atomic mass is 9.80. The largest absolute Gasteiger partial charge is 0.402 e. The average Bonchev–Trinajstić information content (AvgIpc) is 2.65. The maximum Gasteiger partial charge on any atom is 0.243 e. The number of nitrogens with two attached hydrogens (primary N) is 2. The number of carbonyl (C=O) groups is 1. The van der Waals surface area contributed by atoms with Gasteiger partial charge in [-0.25, -0.2) is 14.4 Å². The molecule has 1 aromatic heterocycles. The summed E-state index contributed by atoms with van der Waals surface area (Å²) in [6.45, 7) is 1.91. The molecule has 2 heterocycles. The van der Waals surface area contributed by atoms with Crippen molar-refractivity contribution in [2.24, 2.45) is 16.5 Å². The van der Waals surface area contributed by atoms with Gasteiger partial charge in [0.05, 0.1) is 6.04 Å². The number of nitrogens with zero attached hydrogens (tertiary/aromatic N) is 2. The van der Waals surface area contributed by atoms with Gasteiger partial charge in [0.2, 0.25) is 5.91 Å². The van der Waals surface area contributed by atoms with Gasteiger partial charge in [0.15, 0.2) is 5.82 Å². The van der Waals surface area contributed by atoms with Crippen LogP contribution in [0.25, 0.3) is 0 Å². The highest BCUT2D eigenvalue weighted by Crippen LogP contribution is 2.33. The van der Waals surface area contributed by atoms with Crippen LogP contribution in [0.15, 0.2) is 64.9 Å². The van der Waals surface area contributed by atoms with Crippen molar-refractivity contribution in [1.82, 2.24) is 10.3 Å². The lowest BCUT2D eigenvalue weighted by Gasteiger charge is -2.33. The molecule has 0 saturated carbocycles. The molecule has 134 valence electrons. The monoisotopic (exact) mass is 353 g/mol. The number of nitrogens with one attached hydrogen (secondary N) is 1. The Balaban J connectivity index is 2.15. The molecular weight excluding hydrogens is 333 g/mol. The summed E-state index contributed by atoms with van der Waals surface area (Å²) >= 11 is 0. The lowest BCUT2D eigenvalue weighted by molar-refractivity contribution is -0.121. The first kappa shape index (κ1) is 17.8. The van der Waals surface area contributed by atoms with Crippen LogP contribution in [0.1, 0.15) is 24.8 Å². The Morgan fingerprint density at radius 3 is 2.62 bits per heavy atom. The van der Waals surface area contributed by atoms with E-state index in [0.29, 0.717) is 34.9 Å². The molecule has 0 aliphatic carbocycles. The average molecular weight is 353 g/mol. The molecule has 1 aliphatic heterocycles. The van der Waals surface area contributed by atoms with Crippen LogP contribution in [0, 0.1) is 5.82 Å². The minimum Gasteiger partial charge on any atom is -0.402 e. The molecule has 26 heavy (non-hydrogen) atoms. The Kier molecular flexibility index (Phi) is 5.09. The van der Waals surface area contributed by atoms with E-state index in [2.05, 4.69) is 15.3 Å². The van der Waals surface area contributed by atoms with Crippen molar-refractivity contribution in [1.29, 1.82) is 0 Å². The van der Waals surface area contributed by atoms with Crippen molar-refractivity contribution >= 4 is 17.6 Å². The Bertz CT molecular complexity index is 861. The van der Waals surface area contributed by atoms with Gasteiger partial charge >= 0.3 is 0 Å². The van der Waals surface area contributed by atoms with Gasteiger partial charge in [-0.3, -0.25) is 4.79 Å². The summed E-state index contributed by atoms with van der Waals surface area (Å²) in [6.07, 6.45) is 2.16. The van der Waals surface area contributed by atoms with Crippen LogP contribution in [0.5, 0.6) is 0 Å². The minimum atomic E-state index is -0.858. The Morgan fingerprint density at radius 1 is 1.27 bits per heavy atom. The van der Waals surface area contributed by atoms with Crippen LogP contribution < -0.4 is 16.8 Å². The molecular formula is C19H20FN5O. The first-order valence-corrected chi connectivity index (χ1v) is 8.31. The molecule has 6 nitrogen and oxygen atoms in total. The van der Waals surface area contributed by atoms with Crippen molar-refractivity contribution in [3.05, 3.63) is 71.3 Å². The van der Waals surface area contributed by atoms with Crippen LogP contribution in [0.2, 0.25) is 0 Å². The summed E-state index contributed by atoms with van der Waals surface area (Å²) in [7, 11) is 0. The SMILES string of the molecule is CC/C(N)=C1/C(=N/c2ccccn2)NC(=O)[C@@H](N)C1c1ccc(F)cc1. The molecule has 0 bridgehead atoms. The molecule has 1 unspecified atom stereocenters. The smallest absolute Gasteiger partial charge is 0.243 e. The van der Waals surface area contributed by atoms with E-state index in [1.165, 1.54) is 12.1 Å². The minimum absolute atomic E-state index is 0.323. The number of aliphatic imine (C=N–C) groups is 1. The zero-order valence-corrected chi connectivity index (χ0v) is 14.3. The Hall–Kier alpha value is -3.06. The van der Waals surface area contributed by atoms with Crippen LogP contribution in [0.4, 0.5) is 10.2 Å². The molecule has 2 aromatic rings. The molecule has 0 spiro atoms. The van der Waals surface area contributed by atoms with Gasteiger partial charge in [0.25, 0.3) is 0 Å². The molecule has 7 heteroatoms. The number of amides is 1. The van der Waals surface area contributed by atoms with E-state index in [4.69, 9.17) is 11.5 Å². The number of halogens is 1. The van der Waals surface area contributed by atoms with Crippen LogP contribution >= 0.6 is 0 Å². The first-order valence-electron chi connectivity index (χ1n) is 8.31. The fourth-order valence-electron chi connectivity index (χ4n) is 2.95. The predicted molar refractivity (Wildman–Crippen MR) is 98.1 cm³/mol. The number of carbonyl (C=O) groups excluding carboxylic acids is 1. The zero-order chi connectivity index (χ0) is 18.7. The van der Waals surface area contributed by atoms with Crippen molar-refractivity contribution in [3.63, 3.8) is 0 Å². The van der Waals surface area contributed by atoms with E-state index in [-0.39, 0.29) is 11.7 Å². The molecule has 5 N–H and O–H groups in total. The second-order valence-corrected chi connectivity index (χ2v) is 5.99. The number of benzene rings is 1. The van der Waals surface area contributed by atoms with Gasteiger partial charge in [-0.1, -0.05) is 25.1 Å². The fourth-order valence-corrected chi connectivity index (χ4v) is 2.95. The molecule has 1 amide bonds. The zero-order valence-electron chi connectivity index (χ0n) is 14.3. The number of hydrogen-bond acceptors (Lipinski definition) is 5. The van der Waals surface area contributed by atoms with E-state index in [1.54, 1.807) is 36.5 Å². The van der Waals surface area contributed by atoms with Crippen LogP contribution in [-0.2, 0) is 4.79 Å². The standard InChI is InChI=1S/C19H20FN5O/c1-2-13(21)16-15(11-6-8-12(20)9-7-11)17(22)19(26)25-18(16)24-14-5-3-4-10-23-14/h3-10,15,17H,2,21-22H2,1H3,(H,23,24,25,26)/b16-13-/t15?,17-/m0/s1. The molecule has 0 radical (unpaired) electrons. The second-order valence-electron chi connectivity index (χ2n) is 5.99. The van der Waals surface area contributed by atoms with Gasteiger partial charge in [-0.2, -0.15) is 0 Å². The molecule has 1 saturated heterocycles. The Morgan fingerprint density at radius 2 is 2.00 bits per heavy atom. The van der Waals surface area contributed by atoms with Crippen LogP contribution in [0.3, 0.4) is 0 Å². The normalized spacial score (nSPS) is 23.7. The number of allylic oxidation sites excluding steroid dienone is 1. The maximum absolute atomic E-state index is 13.3. The topological polar surface area (TPSA) is 106 Å². The molecule has 2 atom stereocenters. The van der Waals surface area contributed by atoms with Gasteiger partial charge in [-0.15, -0.1) is 0 Å². The van der Waals surface area contributed by atoms with E-state index >= 15 is 0 Å². The van der Waals surface area contributed by atoms with Crippen molar-refractivity contribution in [2.75, 3.05) is 0 Å². The van der Waals surface area contributed by atoms with Gasteiger partial charge < -0.3 is 16.8 Å². The number of amidine groups is 1. The summed E-state index contributed by atoms with van der Waals surface area (Å²) in [5, 5.41) is 2.73. The molecule has 1 aliphatic rings. The number of aromatic nitrogens is 1. The number of rotatable bonds is 3. The number of piperidine rings is 1. The van der Waals surface area contributed by atoms with Crippen molar-refractivity contribution < 1.29 is 9.18 Å². The van der Waals surface area contributed by atoms with E-state index in [0.717, 1.165) is 0 Å².